The van der Waals surface area contributed by atoms with Crippen LogP contribution in [0.4, 0.5) is 5.82 Å². The van der Waals surface area contributed by atoms with Gasteiger partial charge in [0.1, 0.15) is 12.9 Å². The van der Waals surface area contributed by atoms with Gasteiger partial charge in [0.2, 0.25) is 0 Å². The van der Waals surface area contributed by atoms with E-state index < -0.39 is 0 Å². The van der Waals surface area contributed by atoms with Crippen LogP contribution in [-0.2, 0) is 9.57 Å². The molecule has 0 aliphatic carbocycles. The lowest BCUT2D eigenvalue weighted by Crippen LogP contribution is -2.49. The van der Waals surface area contributed by atoms with Crippen LogP contribution in [0.1, 0.15) is 19.4 Å². The Bertz CT molecular complexity index is 791. The average Bonchev–Trinajstić information content (AvgIpc) is 2.77. The topological polar surface area (TPSA) is 50.2 Å². The van der Waals surface area contributed by atoms with E-state index >= 15 is 0 Å². The second kappa shape index (κ2) is 11.3. The summed E-state index contributed by atoms with van der Waals surface area (Å²) in [7, 11) is 1.59. The van der Waals surface area contributed by atoms with Gasteiger partial charge in [0.05, 0.1) is 18.4 Å². The zero-order valence-electron chi connectivity index (χ0n) is 18.0. The molecule has 30 heavy (non-hydrogen) atoms. The molecule has 1 saturated heterocycles. The van der Waals surface area contributed by atoms with Gasteiger partial charge in [-0.1, -0.05) is 35.0 Å². The van der Waals surface area contributed by atoms with Crippen LogP contribution in [0.2, 0.25) is 5.02 Å². The maximum Gasteiger partial charge on any atom is 0.128 e. The van der Waals surface area contributed by atoms with Gasteiger partial charge >= 0.3 is 0 Å². The Morgan fingerprint density at radius 1 is 1.10 bits per heavy atom. The molecule has 1 aliphatic heterocycles. The van der Waals surface area contributed by atoms with Gasteiger partial charge in [-0.15, -0.1) is 0 Å². The molecule has 162 valence electrons. The molecule has 1 unspecified atom stereocenters. The number of aromatic nitrogens is 1. The van der Waals surface area contributed by atoms with E-state index in [-0.39, 0.29) is 12.0 Å². The Morgan fingerprint density at radius 2 is 1.83 bits per heavy atom. The molecule has 2 heterocycles. The third-order valence-electron chi connectivity index (χ3n) is 5.17. The molecular weight excluding hydrogens is 400 g/mol. The van der Waals surface area contributed by atoms with Crippen LogP contribution in [0, 0.1) is 5.92 Å². The first kappa shape index (κ1) is 22.5. The van der Waals surface area contributed by atoms with E-state index in [0.717, 1.165) is 49.8 Å². The van der Waals surface area contributed by atoms with Crippen LogP contribution in [0.5, 0.6) is 0 Å². The number of oxime groups is 1. The van der Waals surface area contributed by atoms with Gasteiger partial charge in [-0.2, -0.15) is 0 Å². The van der Waals surface area contributed by atoms with E-state index in [1.165, 1.54) is 0 Å². The van der Waals surface area contributed by atoms with E-state index in [4.69, 9.17) is 21.2 Å². The lowest BCUT2D eigenvalue weighted by molar-refractivity contribution is 0.0547. The molecule has 6 nitrogen and oxygen atoms in total. The lowest BCUT2D eigenvalue weighted by atomic mass is 9.96. The van der Waals surface area contributed by atoms with E-state index in [2.05, 4.69) is 39.9 Å². The van der Waals surface area contributed by atoms with Crippen molar-refractivity contribution in [2.24, 2.45) is 11.1 Å². The number of ether oxygens (including phenoxy) is 1. The maximum atomic E-state index is 6.08. The van der Waals surface area contributed by atoms with Crippen LogP contribution in [-0.4, -0.2) is 68.1 Å². The van der Waals surface area contributed by atoms with Gasteiger partial charge in [0.25, 0.3) is 0 Å². The molecule has 0 bridgehead atoms. The number of pyridine rings is 1. The second-order valence-corrected chi connectivity index (χ2v) is 8.16. The molecule has 0 radical (unpaired) electrons. The molecule has 0 spiro atoms. The number of hydrogen-bond donors (Lipinski definition) is 0. The molecule has 0 saturated carbocycles. The number of hydrogen-bond acceptors (Lipinski definition) is 6. The Morgan fingerprint density at radius 3 is 2.43 bits per heavy atom. The van der Waals surface area contributed by atoms with Crippen molar-refractivity contribution in [3.8, 4) is 0 Å². The van der Waals surface area contributed by atoms with Crippen molar-refractivity contribution in [3.05, 3.63) is 59.2 Å². The van der Waals surface area contributed by atoms with Gasteiger partial charge in [-0.3, -0.25) is 4.90 Å². The number of benzene rings is 1. The van der Waals surface area contributed by atoms with Crippen molar-refractivity contribution in [2.75, 3.05) is 51.3 Å². The van der Waals surface area contributed by atoms with Crippen LogP contribution in [0.25, 0.3) is 0 Å². The van der Waals surface area contributed by atoms with Gasteiger partial charge in [-0.25, -0.2) is 4.98 Å². The summed E-state index contributed by atoms with van der Waals surface area (Å²) < 4.78 is 6.00. The highest BCUT2D eigenvalue weighted by molar-refractivity contribution is 6.30. The smallest absolute Gasteiger partial charge is 0.128 e. The monoisotopic (exact) mass is 430 g/mol. The molecule has 0 amide bonds. The number of halogens is 1. The van der Waals surface area contributed by atoms with Gasteiger partial charge in [0, 0.05) is 49.9 Å². The largest absolute Gasteiger partial charge is 0.399 e. The highest BCUT2D eigenvalue weighted by Crippen LogP contribution is 2.19. The summed E-state index contributed by atoms with van der Waals surface area (Å²) in [5, 5.41) is 5.08. The fourth-order valence-corrected chi connectivity index (χ4v) is 3.75. The Labute approximate surface area is 184 Å². The minimum atomic E-state index is 0.0925. The Balaban J connectivity index is 1.70. The molecule has 3 rings (SSSR count). The van der Waals surface area contributed by atoms with Crippen LogP contribution >= 0.6 is 11.6 Å². The summed E-state index contributed by atoms with van der Waals surface area (Å²) >= 11 is 6.08. The van der Waals surface area contributed by atoms with Crippen LogP contribution < -0.4 is 4.90 Å². The van der Waals surface area contributed by atoms with Crippen molar-refractivity contribution < 1.29 is 9.57 Å². The first-order chi connectivity index (χ1) is 14.6. The molecule has 0 N–H and O–H groups in total. The van der Waals surface area contributed by atoms with Gasteiger partial charge in [-0.05, 0) is 43.7 Å². The number of nitrogens with zero attached hydrogens (tertiary/aromatic N) is 4. The van der Waals surface area contributed by atoms with E-state index in [1.807, 2.05) is 42.6 Å². The van der Waals surface area contributed by atoms with Crippen molar-refractivity contribution in [1.82, 2.24) is 9.88 Å². The van der Waals surface area contributed by atoms with Crippen molar-refractivity contribution >= 4 is 23.1 Å². The summed E-state index contributed by atoms with van der Waals surface area (Å²) in [5.41, 5.74) is 1.90. The number of piperazine rings is 1. The summed E-state index contributed by atoms with van der Waals surface area (Å²) in [6.07, 6.45) is 2.00. The zero-order valence-corrected chi connectivity index (χ0v) is 18.8. The lowest BCUT2D eigenvalue weighted by Gasteiger charge is -2.37. The second-order valence-electron chi connectivity index (χ2n) is 7.72. The maximum absolute atomic E-state index is 6.08. The summed E-state index contributed by atoms with van der Waals surface area (Å²) in [6.45, 7) is 9.39. The Kier molecular flexibility index (Phi) is 8.49. The number of anilines is 1. The fraction of sp³-hybridized carbons (Fsp3) is 0.478. The molecule has 1 aliphatic rings. The average molecular weight is 431 g/mol. The quantitative estimate of drug-likeness (QED) is 0.445. The normalized spacial score (nSPS) is 16.7. The molecular formula is C23H31ClN4O2. The molecule has 7 heteroatoms. The van der Waals surface area contributed by atoms with Crippen LogP contribution in [0.15, 0.2) is 53.8 Å². The van der Waals surface area contributed by atoms with E-state index in [9.17, 15) is 0 Å². The van der Waals surface area contributed by atoms with E-state index in [0.29, 0.717) is 11.6 Å². The molecule has 1 fully saturated rings. The first-order valence-electron chi connectivity index (χ1n) is 10.4. The highest BCUT2D eigenvalue weighted by atomic mass is 35.5. The van der Waals surface area contributed by atoms with Crippen molar-refractivity contribution in [1.29, 1.82) is 0 Å². The van der Waals surface area contributed by atoms with Crippen molar-refractivity contribution in [3.63, 3.8) is 0 Å². The number of rotatable bonds is 9. The third kappa shape index (κ3) is 6.42. The third-order valence-corrected chi connectivity index (χ3v) is 5.42. The molecule has 1 aromatic carbocycles. The minimum absolute atomic E-state index is 0.0925. The minimum Gasteiger partial charge on any atom is -0.399 e. The van der Waals surface area contributed by atoms with Gasteiger partial charge < -0.3 is 14.5 Å². The standard InChI is InChI=1S/C23H31ClN4O2/c1-18(2)30-17-20(23(26-29-3)19-7-9-21(24)10-8-19)16-27-12-14-28(15-13-27)22-6-4-5-11-25-22/h4-11,18,20H,12-17H2,1-3H3. The predicted octanol–water partition coefficient (Wildman–Crippen LogP) is 3.95. The molecule has 1 aromatic heterocycles. The molecule has 2 aromatic rings. The SMILES string of the molecule is CON=C(c1ccc(Cl)cc1)C(COC(C)C)CN1CCN(c2ccccn2)CC1. The predicted molar refractivity (Wildman–Crippen MR) is 122 cm³/mol. The summed E-state index contributed by atoms with van der Waals surface area (Å²) in [5.74, 6) is 1.13. The zero-order chi connectivity index (χ0) is 21.3. The first-order valence-corrected chi connectivity index (χ1v) is 10.8. The molecule has 1 atom stereocenters. The summed E-state index contributed by atoms with van der Waals surface area (Å²) in [6, 6.07) is 13.8. The summed E-state index contributed by atoms with van der Waals surface area (Å²) in [4.78, 5) is 14.5. The highest BCUT2D eigenvalue weighted by Gasteiger charge is 2.26. The fourth-order valence-electron chi connectivity index (χ4n) is 3.62. The Hall–Kier alpha value is -2.15. The van der Waals surface area contributed by atoms with Crippen molar-refractivity contribution in [2.45, 2.75) is 20.0 Å². The van der Waals surface area contributed by atoms with Crippen LogP contribution in [0.3, 0.4) is 0 Å². The van der Waals surface area contributed by atoms with E-state index in [1.54, 1.807) is 7.11 Å². The van der Waals surface area contributed by atoms with Gasteiger partial charge in [0.15, 0.2) is 0 Å².